The predicted molar refractivity (Wildman–Crippen MR) is 98.2 cm³/mol. The number of ether oxygens (including phenoxy) is 2. The van der Waals surface area contributed by atoms with Crippen molar-refractivity contribution in [2.24, 2.45) is 0 Å². The molecule has 0 spiro atoms. The van der Waals surface area contributed by atoms with Gasteiger partial charge < -0.3 is 14.8 Å². The van der Waals surface area contributed by atoms with Crippen LogP contribution in [-0.4, -0.2) is 25.2 Å². The number of carbonyl (C=O) groups is 1. The summed E-state index contributed by atoms with van der Waals surface area (Å²) in [6.07, 6.45) is 1.26. The predicted octanol–water partition coefficient (Wildman–Crippen LogP) is 3.70. The van der Waals surface area contributed by atoms with Gasteiger partial charge in [0.25, 0.3) is 5.91 Å². The molecule has 0 aromatic heterocycles. The molecule has 2 aromatic carbocycles. The number of nitrogens with one attached hydrogen (secondary N) is 1. The van der Waals surface area contributed by atoms with Gasteiger partial charge in [0.05, 0.1) is 0 Å². The third-order valence-corrected chi connectivity index (χ3v) is 4.39. The van der Waals surface area contributed by atoms with Gasteiger partial charge in [-0.25, -0.2) is 0 Å². The fraction of sp³-hybridized carbons (Fsp3) is 0.381. The van der Waals surface area contributed by atoms with Crippen molar-refractivity contribution in [3.63, 3.8) is 0 Å². The minimum atomic E-state index is -0.583. The lowest BCUT2D eigenvalue weighted by molar-refractivity contribution is -0.130. The lowest BCUT2D eigenvalue weighted by Crippen LogP contribution is -2.44. The van der Waals surface area contributed by atoms with E-state index in [1.807, 2.05) is 24.3 Å². The van der Waals surface area contributed by atoms with Gasteiger partial charge in [0.15, 0.2) is 11.5 Å². The van der Waals surface area contributed by atoms with E-state index >= 15 is 0 Å². The highest BCUT2D eigenvalue weighted by atomic mass is 16.6. The van der Waals surface area contributed by atoms with Crippen LogP contribution in [0.2, 0.25) is 0 Å². The summed E-state index contributed by atoms with van der Waals surface area (Å²) in [5, 5.41) is 2.94. The molecule has 1 N–H and O–H groups in total. The number of hydrogen-bond acceptors (Lipinski definition) is 3. The van der Waals surface area contributed by atoms with Gasteiger partial charge in [-0.2, -0.15) is 0 Å². The van der Waals surface area contributed by atoms with E-state index < -0.39 is 6.10 Å². The quantitative estimate of drug-likeness (QED) is 0.817. The van der Waals surface area contributed by atoms with E-state index in [1.165, 1.54) is 11.1 Å². The van der Waals surface area contributed by atoms with Crippen LogP contribution in [0.3, 0.4) is 0 Å². The molecule has 0 bridgehead atoms. The van der Waals surface area contributed by atoms with Crippen molar-refractivity contribution in [3.8, 4) is 11.5 Å². The zero-order valence-electron chi connectivity index (χ0n) is 14.8. The van der Waals surface area contributed by atoms with Crippen LogP contribution in [0, 0.1) is 0 Å². The van der Waals surface area contributed by atoms with Crippen LogP contribution in [0.5, 0.6) is 11.5 Å². The zero-order chi connectivity index (χ0) is 17.6. The van der Waals surface area contributed by atoms with Crippen LogP contribution >= 0.6 is 0 Å². The van der Waals surface area contributed by atoms with Crippen molar-refractivity contribution in [2.45, 2.75) is 38.7 Å². The number of aryl methyl sites for hydroxylation is 1. The molecule has 0 radical (unpaired) electrons. The van der Waals surface area contributed by atoms with Crippen molar-refractivity contribution < 1.29 is 14.3 Å². The third-order valence-electron chi connectivity index (χ3n) is 4.39. The first kappa shape index (κ1) is 17.3. The molecule has 1 aliphatic heterocycles. The van der Waals surface area contributed by atoms with Crippen molar-refractivity contribution in [3.05, 3.63) is 59.7 Å². The molecular weight excluding hydrogens is 314 g/mol. The Morgan fingerprint density at radius 1 is 1.12 bits per heavy atom. The highest BCUT2D eigenvalue weighted by Gasteiger charge is 2.26. The third kappa shape index (κ3) is 4.53. The smallest absolute Gasteiger partial charge is 0.264 e. The largest absolute Gasteiger partial charge is 0.485 e. The molecule has 25 heavy (non-hydrogen) atoms. The Bertz CT molecular complexity index is 709. The van der Waals surface area contributed by atoms with Gasteiger partial charge in [-0.05, 0) is 42.0 Å². The lowest BCUT2D eigenvalue weighted by atomic mass is 10.0. The summed E-state index contributed by atoms with van der Waals surface area (Å²) < 4.78 is 11.3. The van der Waals surface area contributed by atoms with Crippen molar-refractivity contribution in [1.29, 1.82) is 0 Å². The molecule has 3 rings (SSSR count). The first-order chi connectivity index (χ1) is 12.1. The van der Waals surface area contributed by atoms with Crippen LogP contribution < -0.4 is 14.8 Å². The first-order valence-electron chi connectivity index (χ1n) is 8.88. The fourth-order valence-corrected chi connectivity index (χ4v) is 2.84. The summed E-state index contributed by atoms with van der Waals surface area (Å²) in [6.45, 7) is 5.27. The number of para-hydroxylation sites is 2. The first-order valence-corrected chi connectivity index (χ1v) is 8.88. The van der Waals surface area contributed by atoms with Gasteiger partial charge in [0.1, 0.15) is 6.61 Å². The molecule has 0 saturated heterocycles. The molecule has 4 heteroatoms. The Hall–Kier alpha value is -2.49. The van der Waals surface area contributed by atoms with Crippen LogP contribution in [0.4, 0.5) is 0 Å². The normalized spacial score (nSPS) is 15.9. The van der Waals surface area contributed by atoms with Gasteiger partial charge in [-0.15, -0.1) is 0 Å². The number of hydrogen-bond donors (Lipinski definition) is 1. The van der Waals surface area contributed by atoms with Crippen LogP contribution in [0.1, 0.15) is 37.3 Å². The van der Waals surface area contributed by atoms with Gasteiger partial charge in [0, 0.05) is 6.54 Å². The molecule has 0 aliphatic carbocycles. The average molecular weight is 339 g/mol. The number of fused-ring (bicyclic) bond motifs is 1. The molecule has 132 valence electrons. The fourth-order valence-electron chi connectivity index (χ4n) is 2.84. The van der Waals surface area contributed by atoms with E-state index in [9.17, 15) is 4.79 Å². The van der Waals surface area contributed by atoms with Gasteiger partial charge in [-0.3, -0.25) is 4.79 Å². The molecule has 1 amide bonds. The average Bonchev–Trinajstić information content (AvgIpc) is 2.65. The summed E-state index contributed by atoms with van der Waals surface area (Å²) in [6, 6.07) is 16.1. The second kappa shape index (κ2) is 8.06. The highest BCUT2D eigenvalue weighted by Crippen LogP contribution is 2.30. The maximum Gasteiger partial charge on any atom is 0.264 e. The molecule has 1 atom stereocenters. The van der Waals surface area contributed by atoms with E-state index in [-0.39, 0.29) is 12.5 Å². The Morgan fingerprint density at radius 3 is 2.56 bits per heavy atom. The molecule has 1 heterocycles. The summed E-state index contributed by atoms with van der Waals surface area (Å²) in [5.74, 6) is 1.75. The van der Waals surface area contributed by atoms with E-state index in [4.69, 9.17) is 9.47 Å². The number of carbonyl (C=O) groups excluding carboxylic acids is 1. The second-order valence-electron chi connectivity index (χ2n) is 6.66. The SMILES string of the molecule is CC(C)c1ccc(CCCNC(=O)C2COc3ccccc3O2)cc1. The zero-order valence-corrected chi connectivity index (χ0v) is 14.8. The Balaban J connectivity index is 1.41. The summed E-state index contributed by atoms with van der Waals surface area (Å²) in [7, 11) is 0. The number of benzene rings is 2. The molecule has 4 nitrogen and oxygen atoms in total. The minimum Gasteiger partial charge on any atom is -0.485 e. The second-order valence-corrected chi connectivity index (χ2v) is 6.66. The number of rotatable bonds is 6. The van der Waals surface area contributed by atoms with E-state index in [1.54, 1.807) is 0 Å². The number of amides is 1. The maximum absolute atomic E-state index is 12.2. The standard InChI is InChI=1S/C21H25NO3/c1-15(2)17-11-9-16(10-12-17)6-5-13-22-21(23)20-14-24-18-7-3-4-8-19(18)25-20/h3-4,7-12,15,20H,5-6,13-14H2,1-2H3,(H,22,23). The van der Waals surface area contributed by atoms with E-state index in [0.29, 0.717) is 24.0 Å². The topological polar surface area (TPSA) is 47.6 Å². The van der Waals surface area contributed by atoms with Gasteiger partial charge >= 0.3 is 0 Å². The van der Waals surface area contributed by atoms with Crippen molar-refractivity contribution >= 4 is 5.91 Å². The van der Waals surface area contributed by atoms with E-state index in [0.717, 1.165) is 12.8 Å². The van der Waals surface area contributed by atoms with Crippen molar-refractivity contribution in [1.82, 2.24) is 5.32 Å². The van der Waals surface area contributed by atoms with Crippen LogP contribution in [-0.2, 0) is 11.2 Å². The molecule has 1 aliphatic rings. The summed E-state index contributed by atoms with van der Waals surface area (Å²) >= 11 is 0. The monoisotopic (exact) mass is 339 g/mol. The Morgan fingerprint density at radius 2 is 1.84 bits per heavy atom. The highest BCUT2D eigenvalue weighted by molar-refractivity contribution is 5.81. The summed E-state index contributed by atoms with van der Waals surface area (Å²) in [4.78, 5) is 12.2. The van der Waals surface area contributed by atoms with Crippen LogP contribution in [0.25, 0.3) is 0 Å². The Kier molecular flexibility index (Phi) is 5.59. The minimum absolute atomic E-state index is 0.121. The Labute approximate surface area is 149 Å². The molecule has 0 saturated carbocycles. The summed E-state index contributed by atoms with van der Waals surface area (Å²) in [5.41, 5.74) is 2.65. The lowest BCUT2D eigenvalue weighted by Gasteiger charge is -2.25. The maximum atomic E-state index is 12.2. The van der Waals surface area contributed by atoms with Gasteiger partial charge in [0.2, 0.25) is 6.10 Å². The molecule has 2 aromatic rings. The van der Waals surface area contributed by atoms with E-state index in [2.05, 4.69) is 43.4 Å². The van der Waals surface area contributed by atoms with Crippen LogP contribution in [0.15, 0.2) is 48.5 Å². The molecular formula is C21H25NO3. The van der Waals surface area contributed by atoms with Crippen molar-refractivity contribution in [2.75, 3.05) is 13.2 Å². The molecule has 0 fully saturated rings. The molecule has 1 unspecified atom stereocenters. The van der Waals surface area contributed by atoms with Gasteiger partial charge in [-0.1, -0.05) is 50.2 Å².